The molecule has 1 saturated carbocycles. The third-order valence-electron chi connectivity index (χ3n) is 4.30. The zero-order valence-corrected chi connectivity index (χ0v) is 12.4. The number of aliphatic hydroxyl groups excluding tert-OH is 1. The van der Waals surface area contributed by atoms with E-state index in [2.05, 4.69) is 11.8 Å². The number of benzene rings is 1. The van der Waals surface area contributed by atoms with Crippen molar-refractivity contribution in [2.45, 2.75) is 13.8 Å². The molecule has 2 fully saturated rings. The summed E-state index contributed by atoms with van der Waals surface area (Å²) in [6.45, 7) is 3.57. The van der Waals surface area contributed by atoms with Crippen LogP contribution >= 0.6 is 11.6 Å². The minimum Gasteiger partial charge on any atom is -0.384 e. The summed E-state index contributed by atoms with van der Waals surface area (Å²) in [4.78, 5) is 26.1. The normalized spacial score (nSPS) is 25.4. The number of aliphatic hydroxyl groups is 1. The predicted octanol–water partition coefficient (Wildman–Crippen LogP) is 1.83. The van der Waals surface area contributed by atoms with Crippen LogP contribution < -0.4 is 4.90 Å². The van der Waals surface area contributed by atoms with E-state index in [1.165, 1.54) is 4.90 Å². The molecule has 4 nitrogen and oxygen atoms in total. The van der Waals surface area contributed by atoms with E-state index >= 15 is 0 Å². The van der Waals surface area contributed by atoms with Gasteiger partial charge >= 0.3 is 0 Å². The highest BCUT2D eigenvalue weighted by molar-refractivity contribution is 6.31. The van der Waals surface area contributed by atoms with Gasteiger partial charge in [-0.1, -0.05) is 37.3 Å². The van der Waals surface area contributed by atoms with Gasteiger partial charge in [-0.2, -0.15) is 0 Å². The van der Waals surface area contributed by atoms with Crippen molar-refractivity contribution < 1.29 is 14.7 Å². The fraction of sp³-hybridized carbons (Fsp3) is 0.375. The quantitative estimate of drug-likeness (QED) is 0.636. The first-order valence-corrected chi connectivity index (χ1v) is 7.04. The number of piperidine rings is 1. The van der Waals surface area contributed by atoms with Crippen LogP contribution in [0.2, 0.25) is 5.02 Å². The minimum atomic E-state index is -0.299. The number of amides is 2. The summed E-state index contributed by atoms with van der Waals surface area (Å²) < 4.78 is 0. The lowest BCUT2D eigenvalue weighted by molar-refractivity contribution is -0.125. The molecule has 108 valence electrons. The Bertz CT molecular complexity index is 690. The highest BCUT2D eigenvalue weighted by Gasteiger charge is 2.72. The minimum absolute atomic E-state index is 0.177. The van der Waals surface area contributed by atoms with Gasteiger partial charge in [-0.3, -0.25) is 9.59 Å². The van der Waals surface area contributed by atoms with Gasteiger partial charge in [0.1, 0.15) is 6.61 Å². The number of nitrogens with zero attached hydrogens (tertiary/aromatic N) is 1. The Balaban J connectivity index is 2.03. The molecule has 1 aliphatic carbocycles. The van der Waals surface area contributed by atoms with Gasteiger partial charge in [-0.05, 0) is 23.6 Å². The number of halogens is 1. The number of hydrogen-bond donors (Lipinski definition) is 1. The molecule has 1 aromatic rings. The van der Waals surface area contributed by atoms with Crippen LogP contribution in [0.4, 0.5) is 5.69 Å². The van der Waals surface area contributed by atoms with E-state index in [-0.39, 0.29) is 35.7 Å². The summed E-state index contributed by atoms with van der Waals surface area (Å²) in [5.74, 6) is 4.44. The number of rotatable bonds is 1. The molecule has 2 unspecified atom stereocenters. The number of carbonyl (C=O) groups excluding carboxylic acids is 2. The molecule has 0 bridgehead atoms. The van der Waals surface area contributed by atoms with E-state index in [9.17, 15) is 9.59 Å². The third kappa shape index (κ3) is 1.97. The molecule has 1 heterocycles. The smallest absolute Gasteiger partial charge is 0.238 e. The van der Waals surface area contributed by atoms with Crippen molar-refractivity contribution in [2.24, 2.45) is 17.3 Å². The molecule has 0 spiro atoms. The van der Waals surface area contributed by atoms with Crippen LogP contribution in [0.5, 0.6) is 0 Å². The van der Waals surface area contributed by atoms with Crippen LogP contribution in [0.3, 0.4) is 0 Å². The summed E-state index contributed by atoms with van der Waals surface area (Å²) in [5, 5.41) is 9.28. The standard InChI is InChI=1S/C16H14ClNO3/c1-16(2)12-13(16)15(21)18(14(12)20)11-6-5-10(17)8-9(11)4-3-7-19/h5-6,8,12-13,19H,7H2,1-2H3. The molecule has 21 heavy (non-hydrogen) atoms. The second kappa shape index (κ2) is 4.59. The molecule has 3 rings (SSSR count). The zero-order valence-electron chi connectivity index (χ0n) is 11.7. The molecule has 1 saturated heterocycles. The molecule has 1 N–H and O–H groups in total. The molecule has 2 amide bonds. The van der Waals surface area contributed by atoms with Crippen molar-refractivity contribution in [1.82, 2.24) is 0 Å². The van der Waals surface area contributed by atoms with E-state index in [1.807, 2.05) is 13.8 Å². The average molecular weight is 304 g/mol. The van der Waals surface area contributed by atoms with Gasteiger partial charge in [-0.15, -0.1) is 0 Å². The molecule has 2 atom stereocenters. The summed E-state index contributed by atoms with van der Waals surface area (Å²) in [6, 6.07) is 4.84. The number of anilines is 1. The zero-order chi connectivity index (χ0) is 15.4. The van der Waals surface area contributed by atoms with Gasteiger partial charge in [0.2, 0.25) is 11.8 Å². The van der Waals surface area contributed by atoms with Gasteiger partial charge in [0.25, 0.3) is 0 Å². The van der Waals surface area contributed by atoms with Gasteiger partial charge in [0.05, 0.1) is 23.1 Å². The van der Waals surface area contributed by atoms with Crippen LogP contribution in [-0.4, -0.2) is 23.5 Å². The maximum atomic E-state index is 12.5. The number of carbonyl (C=O) groups is 2. The summed E-state index contributed by atoms with van der Waals surface area (Å²) in [7, 11) is 0. The van der Waals surface area contributed by atoms with Gasteiger partial charge < -0.3 is 5.11 Å². The molecule has 2 aliphatic rings. The summed E-state index contributed by atoms with van der Waals surface area (Å²) in [6.07, 6.45) is 0. The molecule has 0 radical (unpaired) electrons. The molecule has 0 aromatic heterocycles. The lowest BCUT2D eigenvalue weighted by Gasteiger charge is -2.21. The van der Waals surface area contributed by atoms with Crippen molar-refractivity contribution >= 4 is 29.1 Å². The van der Waals surface area contributed by atoms with Crippen molar-refractivity contribution in [3.63, 3.8) is 0 Å². The summed E-state index contributed by atoms with van der Waals surface area (Å²) >= 11 is 5.94. The molecular weight excluding hydrogens is 290 g/mol. The highest BCUT2D eigenvalue weighted by atomic mass is 35.5. The largest absolute Gasteiger partial charge is 0.384 e. The Morgan fingerprint density at radius 2 is 1.90 bits per heavy atom. The van der Waals surface area contributed by atoms with Gasteiger partial charge in [0.15, 0.2) is 0 Å². The summed E-state index contributed by atoms with van der Waals surface area (Å²) in [5.41, 5.74) is 0.671. The van der Waals surface area contributed by atoms with Gasteiger partial charge in [0, 0.05) is 5.02 Å². The Morgan fingerprint density at radius 1 is 1.29 bits per heavy atom. The second-order valence-corrected chi connectivity index (χ2v) is 6.35. The lowest BCUT2D eigenvalue weighted by atomic mass is 10.0. The van der Waals surface area contributed by atoms with E-state index in [0.717, 1.165) is 0 Å². The predicted molar refractivity (Wildman–Crippen MR) is 78.7 cm³/mol. The topological polar surface area (TPSA) is 57.6 Å². The first kappa shape index (κ1) is 14.1. The van der Waals surface area contributed by atoms with Crippen LogP contribution in [0, 0.1) is 29.1 Å². The Morgan fingerprint density at radius 3 is 2.48 bits per heavy atom. The molecular formula is C16H14ClNO3. The number of hydrogen-bond acceptors (Lipinski definition) is 3. The van der Waals surface area contributed by atoms with Crippen molar-refractivity contribution in [3.05, 3.63) is 28.8 Å². The first-order chi connectivity index (χ1) is 9.89. The van der Waals surface area contributed by atoms with E-state index in [0.29, 0.717) is 16.3 Å². The van der Waals surface area contributed by atoms with Crippen LogP contribution in [0.15, 0.2) is 18.2 Å². The Labute approximate surface area is 127 Å². The third-order valence-corrected chi connectivity index (χ3v) is 4.54. The maximum absolute atomic E-state index is 12.5. The molecule has 5 heteroatoms. The van der Waals surface area contributed by atoms with Crippen molar-refractivity contribution in [1.29, 1.82) is 0 Å². The van der Waals surface area contributed by atoms with E-state index in [4.69, 9.17) is 16.7 Å². The maximum Gasteiger partial charge on any atom is 0.238 e. The van der Waals surface area contributed by atoms with Crippen molar-refractivity contribution in [3.8, 4) is 11.8 Å². The van der Waals surface area contributed by atoms with Crippen LogP contribution in [0.25, 0.3) is 0 Å². The fourth-order valence-electron chi connectivity index (χ4n) is 3.12. The average Bonchev–Trinajstić information content (AvgIpc) is 2.88. The monoisotopic (exact) mass is 303 g/mol. The van der Waals surface area contributed by atoms with E-state index < -0.39 is 0 Å². The molecule has 1 aromatic carbocycles. The van der Waals surface area contributed by atoms with Crippen molar-refractivity contribution in [2.75, 3.05) is 11.5 Å². The molecule has 1 aliphatic heterocycles. The number of fused-ring (bicyclic) bond motifs is 1. The Hall–Kier alpha value is -1.83. The Kier molecular flexibility index (Phi) is 3.09. The lowest BCUT2D eigenvalue weighted by Crippen LogP contribution is -2.36. The van der Waals surface area contributed by atoms with Crippen LogP contribution in [0.1, 0.15) is 19.4 Å². The highest BCUT2D eigenvalue weighted by Crippen LogP contribution is 2.63. The van der Waals surface area contributed by atoms with Crippen LogP contribution in [-0.2, 0) is 9.59 Å². The SMILES string of the molecule is CC1(C)C2C(=O)N(c3ccc(Cl)cc3C#CCO)C(=O)C21. The van der Waals surface area contributed by atoms with Gasteiger partial charge in [-0.25, -0.2) is 4.90 Å². The number of imide groups is 1. The van der Waals surface area contributed by atoms with E-state index in [1.54, 1.807) is 18.2 Å². The second-order valence-electron chi connectivity index (χ2n) is 5.91. The fourth-order valence-corrected chi connectivity index (χ4v) is 3.29. The first-order valence-electron chi connectivity index (χ1n) is 6.66.